The lowest BCUT2D eigenvalue weighted by molar-refractivity contribution is 0.0678. The van der Waals surface area contributed by atoms with Crippen molar-refractivity contribution in [3.63, 3.8) is 0 Å². The summed E-state index contributed by atoms with van der Waals surface area (Å²) in [5.74, 6) is 1.00. The van der Waals surface area contributed by atoms with Crippen molar-refractivity contribution in [3.05, 3.63) is 11.3 Å². The van der Waals surface area contributed by atoms with Crippen molar-refractivity contribution in [2.24, 2.45) is 0 Å². The molecule has 2 rings (SSSR count). The van der Waals surface area contributed by atoms with E-state index in [1.807, 2.05) is 0 Å². The van der Waals surface area contributed by atoms with Gasteiger partial charge in [-0.1, -0.05) is 0 Å². The van der Waals surface area contributed by atoms with E-state index >= 15 is 0 Å². The minimum absolute atomic E-state index is 0.655. The van der Waals surface area contributed by atoms with E-state index in [0.29, 0.717) is 6.61 Å². The summed E-state index contributed by atoms with van der Waals surface area (Å²) < 4.78 is 5.16. The molecule has 0 unspecified atom stereocenters. The van der Waals surface area contributed by atoms with Gasteiger partial charge >= 0.3 is 0 Å². The summed E-state index contributed by atoms with van der Waals surface area (Å²) in [6.07, 6.45) is 1.03. The molecule has 0 radical (unpaired) electrons. The molecular formula is C6H9NO2. The highest BCUT2D eigenvalue weighted by Gasteiger charge is 2.19. The fourth-order valence-electron chi connectivity index (χ4n) is 1.10. The molecule has 0 fully saturated rings. The molecular weight excluding hydrogens is 118 g/mol. The van der Waals surface area contributed by atoms with Gasteiger partial charge < -0.3 is 9.57 Å². The van der Waals surface area contributed by atoms with Crippen molar-refractivity contribution >= 4 is 0 Å². The fraction of sp³-hybridized carbons (Fsp3) is 0.667. The third kappa shape index (κ3) is 0.821. The Morgan fingerprint density at radius 2 is 2.44 bits per heavy atom. The molecule has 3 nitrogen and oxygen atoms in total. The van der Waals surface area contributed by atoms with Gasteiger partial charge in [-0.3, -0.25) is 0 Å². The molecule has 0 saturated heterocycles. The van der Waals surface area contributed by atoms with E-state index in [1.165, 1.54) is 5.57 Å². The van der Waals surface area contributed by atoms with Crippen molar-refractivity contribution in [1.29, 1.82) is 0 Å². The summed E-state index contributed by atoms with van der Waals surface area (Å²) >= 11 is 0. The second-order valence-electron chi connectivity index (χ2n) is 2.25. The maximum atomic E-state index is 5.16. The van der Waals surface area contributed by atoms with E-state index < -0.39 is 0 Å². The van der Waals surface area contributed by atoms with Crippen LogP contribution in [0.5, 0.6) is 0 Å². The van der Waals surface area contributed by atoms with Crippen LogP contribution in [0.2, 0.25) is 0 Å². The smallest absolute Gasteiger partial charge is 0.150 e. The zero-order valence-electron chi connectivity index (χ0n) is 5.14. The average molecular weight is 127 g/mol. The predicted octanol–water partition coefficient (Wildman–Crippen LogP) is 0.196. The summed E-state index contributed by atoms with van der Waals surface area (Å²) in [7, 11) is 0. The van der Waals surface area contributed by atoms with Gasteiger partial charge in [0, 0.05) is 0 Å². The maximum Gasteiger partial charge on any atom is 0.150 e. The van der Waals surface area contributed by atoms with Crippen LogP contribution in [-0.2, 0) is 9.57 Å². The SMILES string of the molecule is C1CC2=C(CO1)ONC2. The first-order valence-corrected chi connectivity index (χ1v) is 3.15. The van der Waals surface area contributed by atoms with Crippen LogP contribution in [0.15, 0.2) is 11.3 Å². The van der Waals surface area contributed by atoms with Crippen LogP contribution in [0, 0.1) is 0 Å². The molecule has 0 saturated carbocycles. The van der Waals surface area contributed by atoms with Gasteiger partial charge in [-0.25, -0.2) is 0 Å². The lowest BCUT2D eigenvalue weighted by atomic mass is 10.1. The van der Waals surface area contributed by atoms with Gasteiger partial charge in [-0.2, -0.15) is 5.48 Å². The topological polar surface area (TPSA) is 30.5 Å². The molecule has 1 N–H and O–H groups in total. The number of nitrogens with one attached hydrogen (secondary N) is 1. The minimum atomic E-state index is 0.655. The van der Waals surface area contributed by atoms with E-state index in [-0.39, 0.29) is 0 Å². The van der Waals surface area contributed by atoms with Crippen molar-refractivity contribution in [2.75, 3.05) is 19.8 Å². The fourth-order valence-corrected chi connectivity index (χ4v) is 1.10. The third-order valence-electron chi connectivity index (χ3n) is 1.66. The molecule has 0 aromatic carbocycles. The van der Waals surface area contributed by atoms with Crippen LogP contribution >= 0.6 is 0 Å². The number of hydrogen-bond donors (Lipinski definition) is 1. The zero-order chi connectivity index (χ0) is 6.10. The summed E-state index contributed by atoms with van der Waals surface area (Å²) in [4.78, 5) is 5.06. The van der Waals surface area contributed by atoms with Crippen LogP contribution in [0.1, 0.15) is 6.42 Å². The first-order valence-electron chi connectivity index (χ1n) is 3.15. The molecule has 9 heavy (non-hydrogen) atoms. The second-order valence-corrected chi connectivity index (χ2v) is 2.25. The number of hydrogen-bond acceptors (Lipinski definition) is 3. The van der Waals surface area contributed by atoms with Gasteiger partial charge in [-0.05, 0) is 12.0 Å². The Morgan fingerprint density at radius 1 is 1.44 bits per heavy atom. The quantitative estimate of drug-likeness (QED) is 0.504. The first-order chi connectivity index (χ1) is 4.47. The molecule has 0 atom stereocenters. The summed E-state index contributed by atoms with van der Waals surface area (Å²) in [5.41, 5.74) is 4.19. The Labute approximate surface area is 53.6 Å². The van der Waals surface area contributed by atoms with Gasteiger partial charge in [0.25, 0.3) is 0 Å². The van der Waals surface area contributed by atoms with Gasteiger partial charge in [-0.15, -0.1) is 0 Å². The Kier molecular flexibility index (Phi) is 1.17. The summed E-state index contributed by atoms with van der Waals surface area (Å²) in [6.45, 7) is 2.39. The predicted molar refractivity (Wildman–Crippen MR) is 31.5 cm³/mol. The Morgan fingerprint density at radius 3 is 3.33 bits per heavy atom. The highest BCUT2D eigenvalue weighted by atomic mass is 16.7. The Hall–Kier alpha value is -0.540. The summed E-state index contributed by atoms with van der Waals surface area (Å²) in [5, 5.41) is 0. The number of hydroxylamine groups is 1. The normalized spacial score (nSPS) is 25.8. The largest absolute Gasteiger partial charge is 0.410 e. The van der Waals surface area contributed by atoms with Crippen molar-refractivity contribution in [2.45, 2.75) is 6.42 Å². The highest BCUT2D eigenvalue weighted by Crippen LogP contribution is 2.18. The van der Waals surface area contributed by atoms with E-state index in [1.54, 1.807) is 0 Å². The Bertz CT molecular complexity index is 137. The standard InChI is InChI=1S/C6H9NO2/c1-2-8-4-6-5(1)3-7-9-6/h7H,1-4H2. The molecule has 3 heteroatoms. The van der Waals surface area contributed by atoms with Crippen LogP contribution in [0.4, 0.5) is 0 Å². The van der Waals surface area contributed by atoms with Gasteiger partial charge in [0.05, 0.1) is 13.2 Å². The van der Waals surface area contributed by atoms with Crippen LogP contribution in [-0.4, -0.2) is 19.8 Å². The van der Waals surface area contributed by atoms with Crippen molar-refractivity contribution in [3.8, 4) is 0 Å². The first kappa shape index (κ1) is 5.26. The lowest BCUT2D eigenvalue weighted by Crippen LogP contribution is -2.08. The molecule has 2 heterocycles. The molecule has 0 aliphatic carbocycles. The Balaban J connectivity index is 2.17. The molecule has 0 spiro atoms. The molecule has 2 aliphatic heterocycles. The van der Waals surface area contributed by atoms with E-state index in [9.17, 15) is 0 Å². The molecule has 50 valence electrons. The second kappa shape index (κ2) is 2.01. The average Bonchev–Trinajstić information content (AvgIpc) is 2.33. The van der Waals surface area contributed by atoms with E-state index in [4.69, 9.17) is 9.57 Å². The van der Waals surface area contributed by atoms with Crippen LogP contribution in [0.25, 0.3) is 0 Å². The van der Waals surface area contributed by atoms with Crippen molar-refractivity contribution in [1.82, 2.24) is 5.48 Å². The summed E-state index contributed by atoms with van der Waals surface area (Å²) in [6, 6.07) is 0. The maximum absolute atomic E-state index is 5.16. The highest BCUT2D eigenvalue weighted by molar-refractivity contribution is 5.15. The molecule has 0 aromatic rings. The number of rotatable bonds is 0. The van der Waals surface area contributed by atoms with E-state index in [2.05, 4.69) is 5.48 Å². The molecule has 2 aliphatic rings. The van der Waals surface area contributed by atoms with Gasteiger partial charge in [0.2, 0.25) is 0 Å². The molecule has 0 bridgehead atoms. The van der Waals surface area contributed by atoms with Crippen LogP contribution < -0.4 is 5.48 Å². The third-order valence-corrected chi connectivity index (χ3v) is 1.66. The molecule has 0 aromatic heterocycles. The number of ether oxygens (including phenoxy) is 1. The van der Waals surface area contributed by atoms with E-state index in [0.717, 1.165) is 25.3 Å². The van der Waals surface area contributed by atoms with Crippen LogP contribution in [0.3, 0.4) is 0 Å². The lowest BCUT2D eigenvalue weighted by Gasteiger charge is -2.10. The monoisotopic (exact) mass is 127 g/mol. The van der Waals surface area contributed by atoms with Gasteiger partial charge in [0.1, 0.15) is 6.61 Å². The van der Waals surface area contributed by atoms with Crippen molar-refractivity contribution < 1.29 is 9.57 Å². The minimum Gasteiger partial charge on any atom is -0.410 e. The zero-order valence-corrected chi connectivity index (χ0v) is 5.14. The molecule has 0 amide bonds. The van der Waals surface area contributed by atoms with Gasteiger partial charge in [0.15, 0.2) is 5.76 Å².